The fourth-order valence-corrected chi connectivity index (χ4v) is 6.60. The van der Waals surface area contributed by atoms with Crippen LogP contribution in [-0.4, -0.2) is 36.3 Å². The zero-order chi connectivity index (χ0) is 22.9. The Morgan fingerprint density at radius 2 is 1.59 bits per heavy atom. The summed E-state index contributed by atoms with van der Waals surface area (Å²) < 4.78 is 19.0. The van der Waals surface area contributed by atoms with Crippen molar-refractivity contribution in [3.05, 3.63) is 41.2 Å². The molecule has 0 radical (unpaired) electrons. The molecule has 5 rings (SSSR count). The standard InChI is InChI=1S/C26H31FN2O3/c1-3-29(4-2)24(20-5-7-21(27)8-6-20)22(15-28)23(30)16-32-25(31)26-12-17-9-18(13-26)11-19(10-17)14-26/h5-8,17-19H,3-4,9-14,16H2,1-2H3. The van der Waals surface area contributed by atoms with Gasteiger partial charge in [0, 0.05) is 13.1 Å². The Hall–Kier alpha value is -2.68. The molecule has 1 aromatic carbocycles. The lowest BCUT2D eigenvalue weighted by Gasteiger charge is -2.55. The number of benzene rings is 1. The van der Waals surface area contributed by atoms with E-state index in [1.807, 2.05) is 24.8 Å². The third-order valence-electron chi connectivity index (χ3n) is 7.63. The molecule has 0 N–H and O–H groups in total. The van der Waals surface area contributed by atoms with E-state index in [9.17, 15) is 19.2 Å². The van der Waals surface area contributed by atoms with Crippen molar-refractivity contribution in [3.63, 3.8) is 0 Å². The molecule has 0 heterocycles. The first kappa shape index (κ1) is 22.5. The Morgan fingerprint density at radius 1 is 1.06 bits per heavy atom. The molecular formula is C26H31FN2O3. The molecule has 5 nitrogen and oxygen atoms in total. The highest BCUT2D eigenvalue weighted by molar-refractivity contribution is 6.07. The number of esters is 1. The third kappa shape index (κ3) is 4.18. The monoisotopic (exact) mass is 438 g/mol. The van der Waals surface area contributed by atoms with Crippen molar-refractivity contribution in [1.82, 2.24) is 4.90 Å². The lowest BCUT2D eigenvalue weighted by atomic mass is 9.49. The van der Waals surface area contributed by atoms with Gasteiger partial charge in [-0.2, -0.15) is 5.26 Å². The second kappa shape index (κ2) is 9.05. The molecule has 4 saturated carbocycles. The highest BCUT2D eigenvalue weighted by Crippen LogP contribution is 2.60. The molecule has 4 bridgehead atoms. The molecule has 4 aliphatic rings. The number of carbonyl (C=O) groups is 2. The predicted molar refractivity (Wildman–Crippen MR) is 118 cm³/mol. The van der Waals surface area contributed by atoms with Crippen LogP contribution in [0, 0.1) is 40.3 Å². The number of carbonyl (C=O) groups excluding carboxylic acids is 2. The number of nitrogens with zero attached hydrogens (tertiary/aromatic N) is 2. The minimum Gasteiger partial charge on any atom is -0.457 e. The van der Waals surface area contributed by atoms with Crippen LogP contribution in [0.3, 0.4) is 0 Å². The maximum absolute atomic E-state index is 13.5. The number of ether oxygens (including phenoxy) is 1. The van der Waals surface area contributed by atoms with Crippen LogP contribution in [0.1, 0.15) is 57.9 Å². The SMILES string of the molecule is CCN(CC)C(=C(C#N)C(=O)COC(=O)C12CC3CC(CC(C3)C1)C2)c1ccc(F)cc1. The fourth-order valence-electron chi connectivity index (χ4n) is 6.60. The largest absolute Gasteiger partial charge is 0.457 e. The van der Waals surface area contributed by atoms with Crippen molar-refractivity contribution in [2.24, 2.45) is 23.2 Å². The molecule has 0 spiro atoms. The van der Waals surface area contributed by atoms with Crippen molar-refractivity contribution >= 4 is 17.4 Å². The second-order valence-corrected chi connectivity index (χ2v) is 9.71. The van der Waals surface area contributed by atoms with Crippen molar-refractivity contribution in [1.29, 1.82) is 5.26 Å². The number of ketones is 1. The van der Waals surface area contributed by atoms with E-state index in [0.29, 0.717) is 42.1 Å². The first-order valence-electron chi connectivity index (χ1n) is 11.7. The summed E-state index contributed by atoms with van der Waals surface area (Å²) in [6, 6.07) is 7.78. The second-order valence-electron chi connectivity index (χ2n) is 9.71. The van der Waals surface area contributed by atoms with Gasteiger partial charge in [-0.25, -0.2) is 4.39 Å². The molecule has 170 valence electrons. The molecule has 0 aromatic heterocycles. The van der Waals surface area contributed by atoms with Gasteiger partial charge in [-0.15, -0.1) is 0 Å². The lowest BCUT2D eigenvalue weighted by Crippen LogP contribution is -2.50. The molecule has 0 saturated heterocycles. The molecule has 32 heavy (non-hydrogen) atoms. The zero-order valence-corrected chi connectivity index (χ0v) is 18.9. The van der Waals surface area contributed by atoms with E-state index in [-0.39, 0.29) is 17.4 Å². The van der Waals surface area contributed by atoms with Gasteiger partial charge in [0.2, 0.25) is 5.78 Å². The topological polar surface area (TPSA) is 70.4 Å². The van der Waals surface area contributed by atoms with Gasteiger partial charge in [0.15, 0.2) is 6.61 Å². The number of halogens is 1. The van der Waals surface area contributed by atoms with Gasteiger partial charge >= 0.3 is 5.97 Å². The normalized spacial score (nSPS) is 28.6. The van der Waals surface area contributed by atoms with Gasteiger partial charge in [0.05, 0.1) is 11.1 Å². The van der Waals surface area contributed by atoms with Crippen molar-refractivity contribution < 1.29 is 18.7 Å². The van der Waals surface area contributed by atoms with Crippen molar-refractivity contribution in [3.8, 4) is 6.07 Å². The lowest BCUT2D eigenvalue weighted by molar-refractivity contribution is -0.172. The van der Waals surface area contributed by atoms with Crippen LogP contribution in [0.2, 0.25) is 0 Å². The van der Waals surface area contributed by atoms with Crippen LogP contribution >= 0.6 is 0 Å². The van der Waals surface area contributed by atoms with Crippen LogP contribution in [0.15, 0.2) is 29.8 Å². The molecule has 0 aliphatic heterocycles. The van der Waals surface area contributed by atoms with E-state index in [1.165, 1.54) is 31.4 Å². The highest BCUT2D eigenvalue weighted by Gasteiger charge is 2.55. The Bertz CT molecular complexity index is 921. The molecule has 0 amide bonds. The molecule has 4 fully saturated rings. The maximum Gasteiger partial charge on any atom is 0.312 e. The summed E-state index contributed by atoms with van der Waals surface area (Å²) in [4.78, 5) is 28.1. The number of hydrogen-bond acceptors (Lipinski definition) is 5. The first-order valence-corrected chi connectivity index (χ1v) is 11.7. The average Bonchev–Trinajstić information content (AvgIpc) is 2.77. The fraction of sp³-hybridized carbons (Fsp3) is 0.577. The summed E-state index contributed by atoms with van der Waals surface area (Å²) >= 11 is 0. The minimum atomic E-state index is -0.517. The Balaban J connectivity index is 1.54. The van der Waals surface area contributed by atoms with Crippen LogP contribution < -0.4 is 0 Å². The average molecular weight is 439 g/mol. The number of Topliss-reactive ketones (excluding diaryl/α,β-unsaturated/α-hetero) is 1. The summed E-state index contributed by atoms with van der Waals surface area (Å²) in [6.07, 6.45) is 6.26. The van der Waals surface area contributed by atoms with E-state index in [1.54, 1.807) is 12.1 Å². The molecule has 4 aliphatic carbocycles. The predicted octanol–water partition coefficient (Wildman–Crippen LogP) is 4.73. The van der Waals surface area contributed by atoms with Gasteiger partial charge in [-0.1, -0.05) is 0 Å². The van der Waals surface area contributed by atoms with E-state index in [2.05, 4.69) is 0 Å². The van der Waals surface area contributed by atoms with Crippen LogP contribution in [-0.2, 0) is 14.3 Å². The van der Waals surface area contributed by atoms with Crippen LogP contribution in [0.4, 0.5) is 4.39 Å². The van der Waals surface area contributed by atoms with E-state index in [4.69, 9.17) is 4.74 Å². The summed E-state index contributed by atoms with van der Waals surface area (Å²) in [6.45, 7) is 4.58. The Kier molecular flexibility index (Phi) is 6.37. The Morgan fingerprint density at radius 3 is 2.06 bits per heavy atom. The summed E-state index contributed by atoms with van der Waals surface area (Å²) in [5, 5.41) is 9.85. The summed E-state index contributed by atoms with van der Waals surface area (Å²) in [5.74, 6) is 0.637. The van der Waals surface area contributed by atoms with Gasteiger partial charge in [0.1, 0.15) is 17.5 Å². The minimum absolute atomic E-state index is 0.0568. The number of hydrogen-bond donors (Lipinski definition) is 0. The van der Waals surface area contributed by atoms with Crippen LogP contribution in [0.5, 0.6) is 0 Å². The molecule has 1 aromatic rings. The molecule has 0 unspecified atom stereocenters. The third-order valence-corrected chi connectivity index (χ3v) is 7.63. The van der Waals surface area contributed by atoms with Crippen molar-refractivity contribution in [2.45, 2.75) is 52.4 Å². The highest BCUT2D eigenvalue weighted by atomic mass is 19.1. The quantitative estimate of drug-likeness (QED) is 0.333. The van der Waals surface area contributed by atoms with Gasteiger partial charge in [-0.3, -0.25) is 9.59 Å². The van der Waals surface area contributed by atoms with Crippen molar-refractivity contribution in [2.75, 3.05) is 19.7 Å². The summed E-state index contributed by atoms with van der Waals surface area (Å²) in [5.41, 5.74) is 0.545. The van der Waals surface area contributed by atoms with Gasteiger partial charge in [0.25, 0.3) is 0 Å². The molecule has 6 heteroatoms. The smallest absolute Gasteiger partial charge is 0.312 e. The van der Waals surface area contributed by atoms with Gasteiger partial charge < -0.3 is 9.64 Å². The van der Waals surface area contributed by atoms with E-state index < -0.39 is 17.8 Å². The van der Waals surface area contributed by atoms with E-state index >= 15 is 0 Å². The Labute approximate surface area is 189 Å². The first-order chi connectivity index (χ1) is 15.4. The summed E-state index contributed by atoms with van der Waals surface area (Å²) in [7, 11) is 0. The zero-order valence-electron chi connectivity index (χ0n) is 18.9. The number of rotatable bonds is 8. The molecular weight excluding hydrogens is 407 g/mol. The van der Waals surface area contributed by atoms with Crippen LogP contribution in [0.25, 0.3) is 5.70 Å². The number of nitriles is 1. The maximum atomic E-state index is 13.5. The van der Waals surface area contributed by atoms with E-state index in [0.717, 1.165) is 19.3 Å². The molecule has 0 atom stereocenters. The van der Waals surface area contributed by atoms with Gasteiger partial charge in [-0.05, 0) is 100.0 Å².